The van der Waals surface area contributed by atoms with E-state index < -0.39 is 0 Å². The highest BCUT2D eigenvalue weighted by molar-refractivity contribution is 5.64. The van der Waals surface area contributed by atoms with Crippen molar-refractivity contribution >= 4 is 11.5 Å². The molecule has 0 saturated carbocycles. The first-order valence-corrected chi connectivity index (χ1v) is 6.74. The summed E-state index contributed by atoms with van der Waals surface area (Å²) in [4.78, 5) is 0. The van der Waals surface area contributed by atoms with Crippen LogP contribution in [0.15, 0.2) is 24.3 Å². The van der Waals surface area contributed by atoms with Crippen molar-refractivity contribution < 1.29 is 0 Å². The lowest BCUT2D eigenvalue weighted by Gasteiger charge is -2.10. The van der Waals surface area contributed by atoms with E-state index in [1.807, 2.05) is 11.6 Å². The Balaban J connectivity index is 2.02. The molecule has 2 rings (SSSR count). The number of benzene rings is 1. The lowest BCUT2D eigenvalue weighted by molar-refractivity contribution is 0.657. The van der Waals surface area contributed by atoms with Crippen LogP contribution >= 0.6 is 0 Å². The minimum atomic E-state index is 0.756. The van der Waals surface area contributed by atoms with Crippen molar-refractivity contribution in [2.24, 2.45) is 0 Å². The molecule has 0 spiro atoms. The van der Waals surface area contributed by atoms with E-state index in [4.69, 9.17) is 5.73 Å². The first kappa shape index (κ1) is 13.5. The summed E-state index contributed by atoms with van der Waals surface area (Å²) in [6.45, 7) is 7.83. The van der Waals surface area contributed by atoms with E-state index in [0.29, 0.717) is 0 Å². The first-order valence-electron chi connectivity index (χ1n) is 6.74. The maximum atomic E-state index is 6.04. The van der Waals surface area contributed by atoms with Crippen molar-refractivity contribution in [2.75, 3.05) is 17.6 Å². The molecular formula is C15H22N4. The molecule has 3 N–H and O–H groups in total. The van der Waals surface area contributed by atoms with Crippen molar-refractivity contribution in [3.63, 3.8) is 0 Å². The Labute approximate surface area is 114 Å². The van der Waals surface area contributed by atoms with Crippen molar-refractivity contribution in [3.8, 4) is 0 Å². The number of hydrogen-bond donors (Lipinski definition) is 2. The zero-order valence-electron chi connectivity index (χ0n) is 11.9. The van der Waals surface area contributed by atoms with Gasteiger partial charge >= 0.3 is 0 Å². The normalized spacial score (nSPS) is 10.7. The summed E-state index contributed by atoms with van der Waals surface area (Å²) >= 11 is 0. The highest BCUT2D eigenvalue weighted by atomic mass is 15.3. The summed E-state index contributed by atoms with van der Waals surface area (Å²) in [6, 6.07) is 8.46. The molecule has 0 aliphatic heterocycles. The van der Waals surface area contributed by atoms with Gasteiger partial charge < -0.3 is 11.1 Å². The second-order valence-corrected chi connectivity index (χ2v) is 4.77. The van der Waals surface area contributed by atoms with Crippen LogP contribution in [0.4, 0.5) is 11.5 Å². The van der Waals surface area contributed by atoms with Crippen LogP contribution in [0.25, 0.3) is 0 Å². The van der Waals surface area contributed by atoms with Crippen LogP contribution in [0.5, 0.6) is 0 Å². The third-order valence-electron chi connectivity index (χ3n) is 3.42. The highest BCUT2D eigenvalue weighted by Crippen LogP contribution is 2.22. The largest absolute Gasteiger partial charge is 0.394 e. The maximum Gasteiger partial charge on any atom is 0.148 e. The summed E-state index contributed by atoms with van der Waals surface area (Å²) in [5.41, 5.74) is 10.4. The van der Waals surface area contributed by atoms with Crippen molar-refractivity contribution in [1.29, 1.82) is 0 Å². The van der Waals surface area contributed by atoms with Gasteiger partial charge in [-0.05, 0) is 38.3 Å². The van der Waals surface area contributed by atoms with Gasteiger partial charge in [0.05, 0.1) is 11.4 Å². The fourth-order valence-corrected chi connectivity index (χ4v) is 2.22. The van der Waals surface area contributed by atoms with Crippen LogP contribution in [-0.4, -0.2) is 16.3 Å². The number of anilines is 2. The van der Waals surface area contributed by atoms with Crippen LogP contribution in [0.3, 0.4) is 0 Å². The van der Waals surface area contributed by atoms with Crippen LogP contribution in [0.2, 0.25) is 0 Å². The smallest absolute Gasteiger partial charge is 0.148 e. The molecule has 4 nitrogen and oxygen atoms in total. The topological polar surface area (TPSA) is 55.9 Å². The van der Waals surface area contributed by atoms with E-state index in [1.54, 1.807) is 0 Å². The van der Waals surface area contributed by atoms with E-state index in [-0.39, 0.29) is 0 Å². The highest BCUT2D eigenvalue weighted by Gasteiger charge is 2.10. The minimum Gasteiger partial charge on any atom is -0.394 e. The number of rotatable bonds is 5. The average molecular weight is 258 g/mol. The van der Waals surface area contributed by atoms with Crippen LogP contribution < -0.4 is 11.1 Å². The van der Waals surface area contributed by atoms with E-state index in [0.717, 1.165) is 36.7 Å². The third-order valence-corrected chi connectivity index (χ3v) is 3.42. The molecule has 2 aromatic rings. The van der Waals surface area contributed by atoms with Crippen molar-refractivity contribution in [1.82, 2.24) is 9.78 Å². The quantitative estimate of drug-likeness (QED) is 0.867. The summed E-state index contributed by atoms with van der Waals surface area (Å²) in [7, 11) is 0. The molecule has 19 heavy (non-hydrogen) atoms. The fourth-order valence-electron chi connectivity index (χ4n) is 2.22. The molecule has 1 aromatic heterocycles. The Morgan fingerprint density at radius 3 is 2.68 bits per heavy atom. The molecule has 0 fully saturated rings. The van der Waals surface area contributed by atoms with Gasteiger partial charge in [0.15, 0.2) is 0 Å². The summed E-state index contributed by atoms with van der Waals surface area (Å²) in [5.74, 6) is 0.939. The molecule has 0 bridgehead atoms. The predicted molar refractivity (Wildman–Crippen MR) is 80.4 cm³/mol. The Morgan fingerprint density at radius 2 is 2.00 bits per heavy atom. The summed E-state index contributed by atoms with van der Waals surface area (Å²) in [6.07, 6.45) is 0.986. The Kier molecular flexibility index (Phi) is 4.10. The number of nitrogens with one attached hydrogen (secondary N) is 1. The van der Waals surface area contributed by atoms with Crippen LogP contribution in [0, 0.1) is 13.8 Å². The molecule has 1 aromatic carbocycles. The maximum absolute atomic E-state index is 6.04. The van der Waals surface area contributed by atoms with Gasteiger partial charge in [-0.15, -0.1) is 0 Å². The van der Waals surface area contributed by atoms with Gasteiger partial charge in [0.1, 0.15) is 5.82 Å². The molecule has 0 amide bonds. The second kappa shape index (κ2) is 5.78. The zero-order chi connectivity index (χ0) is 13.8. The van der Waals surface area contributed by atoms with Gasteiger partial charge in [0, 0.05) is 13.1 Å². The monoisotopic (exact) mass is 258 g/mol. The molecule has 0 radical (unpaired) electrons. The molecule has 0 saturated heterocycles. The molecule has 0 atom stereocenters. The predicted octanol–water partition coefficient (Wildman–Crippen LogP) is 2.76. The molecule has 0 aliphatic carbocycles. The van der Waals surface area contributed by atoms with Crippen molar-refractivity contribution in [2.45, 2.75) is 33.7 Å². The van der Waals surface area contributed by atoms with Gasteiger partial charge in [-0.25, -0.2) is 4.68 Å². The summed E-state index contributed by atoms with van der Waals surface area (Å²) in [5, 5.41) is 7.81. The van der Waals surface area contributed by atoms with Gasteiger partial charge in [-0.2, -0.15) is 5.10 Å². The van der Waals surface area contributed by atoms with Gasteiger partial charge in [0.2, 0.25) is 0 Å². The first-order chi connectivity index (χ1) is 9.13. The lowest BCUT2D eigenvalue weighted by atomic mass is 10.1. The SMILES string of the molecule is CCn1nc(C)c(N)c1NCCc1ccccc1C. The molecular weight excluding hydrogens is 236 g/mol. The Morgan fingerprint density at radius 1 is 1.26 bits per heavy atom. The van der Waals surface area contributed by atoms with Gasteiger partial charge in [-0.3, -0.25) is 0 Å². The standard InChI is InChI=1S/C15H22N4/c1-4-19-15(14(16)12(3)18-19)17-10-9-13-8-6-5-7-11(13)2/h5-8,17H,4,9-10,16H2,1-3H3. The van der Waals surface area contributed by atoms with Crippen LogP contribution in [0.1, 0.15) is 23.7 Å². The third kappa shape index (κ3) is 2.89. The Bertz CT molecular complexity index is 557. The molecule has 0 aliphatic rings. The summed E-state index contributed by atoms with van der Waals surface area (Å²) < 4.78 is 1.92. The van der Waals surface area contributed by atoms with Crippen molar-refractivity contribution in [3.05, 3.63) is 41.1 Å². The fraction of sp³-hybridized carbons (Fsp3) is 0.400. The van der Waals surface area contributed by atoms with E-state index in [9.17, 15) is 0 Å². The van der Waals surface area contributed by atoms with E-state index >= 15 is 0 Å². The van der Waals surface area contributed by atoms with Gasteiger partial charge in [0.25, 0.3) is 0 Å². The average Bonchev–Trinajstić information content (AvgIpc) is 2.68. The zero-order valence-corrected chi connectivity index (χ0v) is 11.9. The number of nitrogen functional groups attached to an aromatic ring is 1. The van der Waals surface area contributed by atoms with Gasteiger partial charge in [-0.1, -0.05) is 24.3 Å². The minimum absolute atomic E-state index is 0.756. The molecule has 4 heteroatoms. The number of hydrogen-bond acceptors (Lipinski definition) is 3. The van der Waals surface area contributed by atoms with E-state index in [1.165, 1.54) is 11.1 Å². The second-order valence-electron chi connectivity index (χ2n) is 4.77. The Hall–Kier alpha value is -1.97. The number of nitrogens with two attached hydrogens (primary N) is 1. The molecule has 1 heterocycles. The number of aryl methyl sites for hydroxylation is 3. The molecule has 0 unspecified atom stereocenters. The van der Waals surface area contributed by atoms with E-state index in [2.05, 4.69) is 48.5 Å². The number of nitrogens with zero attached hydrogens (tertiary/aromatic N) is 2. The number of aromatic nitrogens is 2. The van der Waals surface area contributed by atoms with Crippen LogP contribution in [-0.2, 0) is 13.0 Å². The lowest BCUT2D eigenvalue weighted by Crippen LogP contribution is -2.11. The molecule has 102 valence electrons.